The van der Waals surface area contributed by atoms with E-state index >= 15 is 0 Å². The van der Waals surface area contributed by atoms with Crippen molar-refractivity contribution < 1.29 is 13.9 Å². The Morgan fingerprint density at radius 2 is 1.85 bits per heavy atom. The number of halogens is 1. The molecule has 4 nitrogen and oxygen atoms in total. The summed E-state index contributed by atoms with van der Waals surface area (Å²) in [5.41, 5.74) is 1.47. The number of hydrogen-bond acceptors (Lipinski definition) is 3. The lowest BCUT2D eigenvalue weighted by molar-refractivity contribution is -0.115. The van der Waals surface area contributed by atoms with Gasteiger partial charge in [-0.2, -0.15) is 0 Å². The Balaban J connectivity index is 1.80. The van der Waals surface area contributed by atoms with Gasteiger partial charge in [0.2, 0.25) is 5.91 Å². The molecule has 0 radical (unpaired) electrons. The monoisotopic (exact) mass is 372 g/mol. The zero-order chi connectivity index (χ0) is 18.8. The highest BCUT2D eigenvalue weighted by molar-refractivity contribution is 7.80. The summed E-state index contributed by atoms with van der Waals surface area (Å²) < 4.78 is 18.4. The van der Waals surface area contributed by atoms with Crippen LogP contribution in [0.3, 0.4) is 0 Å². The molecule has 136 valence electrons. The van der Waals surface area contributed by atoms with Crippen molar-refractivity contribution in [2.24, 2.45) is 0 Å². The van der Waals surface area contributed by atoms with Crippen molar-refractivity contribution in [3.8, 4) is 5.75 Å². The Morgan fingerprint density at radius 3 is 2.50 bits per heavy atom. The van der Waals surface area contributed by atoms with Crippen molar-refractivity contribution in [3.63, 3.8) is 0 Å². The fourth-order valence-corrected chi connectivity index (χ4v) is 2.25. The Labute approximate surface area is 158 Å². The average Bonchev–Trinajstić information content (AvgIpc) is 2.63. The third-order valence-electron chi connectivity index (χ3n) is 3.41. The van der Waals surface area contributed by atoms with Gasteiger partial charge in [0.1, 0.15) is 11.6 Å². The number of rotatable bonds is 7. The summed E-state index contributed by atoms with van der Waals surface area (Å²) >= 11 is 5.12. The molecule has 0 spiro atoms. The van der Waals surface area contributed by atoms with Crippen LogP contribution in [0, 0.1) is 5.82 Å². The molecule has 0 aliphatic heterocycles. The SMILES string of the molecule is CCCCOc1ccc(NC(=S)NC(=O)/C=C/c2ccc(F)cc2)cc1. The minimum Gasteiger partial charge on any atom is -0.494 e. The standard InChI is InChI=1S/C20H21FN2O2S/c1-2-3-14-25-18-11-9-17(10-12-18)22-20(26)23-19(24)13-6-15-4-7-16(21)8-5-15/h4-13H,2-3,14H2,1H3,(H2,22,23,24,26)/b13-6+. The van der Waals surface area contributed by atoms with Gasteiger partial charge in [0.15, 0.2) is 5.11 Å². The molecular weight excluding hydrogens is 351 g/mol. The summed E-state index contributed by atoms with van der Waals surface area (Å²) in [6, 6.07) is 13.2. The number of nitrogens with one attached hydrogen (secondary N) is 2. The van der Waals surface area contributed by atoms with Crippen LogP contribution in [-0.2, 0) is 4.79 Å². The van der Waals surface area contributed by atoms with E-state index in [4.69, 9.17) is 17.0 Å². The first kappa shape index (κ1) is 19.6. The van der Waals surface area contributed by atoms with Gasteiger partial charge < -0.3 is 10.1 Å². The fraction of sp³-hybridized carbons (Fsp3) is 0.200. The molecule has 0 saturated carbocycles. The molecule has 2 aromatic carbocycles. The maximum atomic E-state index is 12.8. The predicted molar refractivity (Wildman–Crippen MR) is 107 cm³/mol. The third kappa shape index (κ3) is 7.03. The second kappa shape index (κ2) is 10.3. The Bertz CT molecular complexity index is 758. The van der Waals surface area contributed by atoms with Crippen LogP contribution in [0.2, 0.25) is 0 Å². The third-order valence-corrected chi connectivity index (χ3v) is 3.62. The van der Waals surface area contributed by atoms with E-state index in [0.717, 1.165) is 29.8 Å². The zero-order valence-corrected chi connectivity index (χ0v) is 15.3. The summed E-state index contributed by atoms with van der Waals surface area (Å²) in [6.45, 7) is 2.80. The summed E-state index contributed by atoms with van der Waals surface area (Å²) in [6.07, 6.45) is 5.02. The number of benzene rings is 2. The molecule has 1 amide bonds. The molecular formula is C20H21FN2O2S. The Kier molecular flexibility index (Phi) is 7.76. The fourth-order valence-electron chi connectivity index (χ4n) is 2.03. The normalized spacial score (nSPS) is 10.5. The van der Waals surface area contributed by atoms with Gasteiger partial charge in [0.05, 0.1) is 6.61 Å². The van der Waals surface area contributed by atoms with Gasteiger partial charge in [-0.05, 0) is 66.7 Å². The van der Waals surface area contributed by atoms with E-state index in [1.165, 1.54) is 18.2 Å². The van der Waals surface area contributed by atoms with Crippen LogP contribution in [0.4, 0.5) is 10.1 Å². The van der Waals surface area contributed by atoms with Gasteiger partial charge in [0.25, 0.3) is 0 Å². The van der Waals surface area contributed by atoms with Crippen LogP contribution >= 0.6 is 12.2 Å². The molecule has 0 heterocycles. The molecule has 26 heavy (non-hydrogen) atoms. The van der Waals surface area contributed by atoms with E-state index in [-0.39, 0.29) is 16.8 Å². The topological polar surface area (TPSA) is 50.4 Å². The highest BCUT2D eigenvalue weighted by Crippen LogP contribution is 2.16. The number of carbonyl (C=O) groups excluding carboxylic acids is 1. The molecule has 2 rings (SSSR count). The number of anilines is 1. The lowest BCUT2D eigenvalue weighted by atomic mass is 10.2. The van der Waals surface area contributed by atoms with Gasteiger partial charge in [-0.15, -0.1) is 0 Å². The van der Waals surface area contributed by atoms with Gasteiger partial charge in [-0.3, -0.25) is 10.1 Å². The number of hydrogen-bond donors (Lipinski definition) is 2. The molecule has 0 aliphatic rings. The van der Waals surface area contributed by atoms with Crippen molar-refractivity contribution in [1.29, 1.82) is 0 Å². The molecule has 0 atom stereocenters. The van der Waals surface area contributed by atoms with Crippen LogP contribution in [0.15, 0.2) is 54.6 Å². The number of unbranched alkanes of at least 4 members (excludes halogenated alkanes) is 1. The number of thiocarbonyl (C=S) groups is 1. The summed E-state index contributed by atoms with van der Waals surface area (Å²) in [5.74, 6) is 0.103. The van der Waals surface area contributed by atoms with Gasteiger partial charge in [0, 0.05) is 11.8 Å². The maximum absolute atomic E-state index is 12.8. The molecule has 0 fully saturated rings. The highest BCUT2D eigenvalue weighted by Gasteiger charge is 2.02. The van der Waals surface area contributed by atoms with E-state index in [9.17, 15) is 9.18 Å². The quantitative estimate of drug-likeness (QED) is 0.426. The first-order chi connectivity index (χ1) is 12.6. The van der Waals surface area contributed by atoms with Gasteiger partial charge >= 0.3 is 0 Å². The number of carbonyl (C=O) groups is 1. The van der Waals surface area contributed by atoms with Crippen LogP contribution < -0.4 is 15.4 Å². The first-order valence-corrected chi connectivity index (χ1v) is 8.76. The summed E-state index contributed by atoms with van der Waals surface area (Å²) in [5, 5.41) is 5.68. The van der Waals surface area contributed by atoms with E-state index < -0.39 is 0 Å². The minimum absolute atomic E-state index is 0.193. The highest BCUT2D eigenvalue weighted by atomic mass is 32.1. The van der Waals surface area contributed by atoms with E-state index in [1.54, 1.807) is 18.2 Å². The van der Waals surface area contributed by atoms with Gasteiger partial charge in [-0.1, -0.05) is 25.5 Å². The molecule has 2 N–H and O–H groups in total. The lowest BCUT2D eigenvalue weighted by Crippen LogP contribution is -2.32. The van der Waals surface area contributed by atoms with Crippen LogP contribution in [0.1, 0.15) is 25.3 Å². The van der Waals surface area contributed by atoms with Crippen molar-refractivity contribution in [3.05, 3.63) is 66.0 Å². The Hall–Kier alpha value is -2.73. The van der Waals surface area contributed by atoms with Crippen molar-refractivity contribution in [2.45, 2.75) is 19.8 Å². The summed E-state index contributed by atoms with van der Waals surface area (Å²) in [7, 11) is 0. The van der Waals surface area contributed by atoms with E-state index in [0.29, 0.717) is 6.61 Å². The second-order valence-electron chi connectivity index (χ2n) is 5.55. The van der Waals surface area contributed by atoms with Crippen LogP contribution in [0.25, 0.3) is 6.08 Å². The number of amides is 1. The van der Waals surface area contributed by atoms with E-state index in [2.05, 4.69) is 17.6 Å². The maximum Gasteiger partial charge on any atom is 0.250 e. The largest absolute Gasteiger partial charge is 0.494 e. The zero-order valence-electron chi connectivity index (χ0n) is 14.5. The molecule has 2 aromatic rings. The molecule has 0 aromatic heterocycles. The summed E-state index contributed by atoms with van der Waals surface area (Å²) in [4.78, 5) is 11.9. The molecule has 0 bridgehead atoms. The van der Waals surface area contributed by atoms with Crippen LogP contribution in [0.5, 0.6) is 5.75 Å². The number of ether oxygens (including phenoxy) is 1. The smallest absolute Gasteiger partial charge is 0.250 e. The molecule has 0 aliphatic carbocycles. The molecule has 6 heteroatoms. The minimum atomic E-state index is -0.369. The average molecular weight is 372 g/mol. The first-order valence-electron chi connectivity index (χ1n) is 8.35. The molecule has 0 unspecified atom stereocenters. The van der Waals surface area contributed by atoms with Crippen molar-refractivity contribution in [2.75, 3.05) is 11.9 Å². The van der Waals surface area contributed by atoms with E-state index in [1.807, 2.05) is 24.3 Å². The van der Waals surface area contributed by atoms with Crippen LogP contribution in [-0.4, -0.2) is 17.6 Å². The van der Waals surface area contributed by atoms with Crippen molar-refractivity contribution in [1.82, 2.24) is 5.32 Å². The van der Waals surface area contributed by atoms with Crippen molar-refractivity contribution >= 4 is 35.0 Å². The molecule has 0 saturated heterocycles. The Morgan fingerprint density at radius 1 is 1.15 bits per heavy atom. The van der Waals surface area contributed by atoms with Gasteiger partial charge in [-0.25, -0.2) is 4.39 Å². The second-order valence-corrected chi connectivity index (χ2v) is 5.96. The predicted octanol–water partition coefficient (Wildman–Crippen LogP) is 4.53. The lowest BCUT2D eigenvalue weighted by Gasteiger charge is -2.09.